The molecular formula is C19H20N4O4. The van der Waals surface area contributed by atoms with Gasteiger partial charge in [0.25, 0.3) is 11.6 Å². The van der Waals surface area contributed by atoms with E-state index in [0.29, 0.717) is 5.71 Å². The molecule has 2 aromatic carbocycles. The Kier molecular flexibility index (Phi) is 6.76. The minimum Gasteiger partial charge on any atom is -0.326 e. The van der Waals surface area contributed by atoms with Gasteiger partial charge in [-0.25, -0.2) is 5.43 Å². The van der Waals surface area contributed by atoms with Crippen LogP contribution in [0.25, 0.3) is 0 Å². The smallest absolute Gasteiger partial charge is 0.271 e. The van der Waals surface area contributed by atoms with Crippen LogP contribution in [-0.4, -0.2) is 22.4 Å². The quantitative estimate of drug-likeness (QED) is 0.443. The number of rotatable bonds is 7. The number of hydrazone groups is 1. The van der Waals surface area contributed by atoms with Crippen molar-refractivity contribution >= 4 is 28.9 Å². The van der Waals surface area contributed by atoms with Crippen LogP contribution in [0.5, 0.6) is 0 Å². The van der Waals surface area contributed by atoms with E-state index in [1.165, 1.54) is 18.2 Å². The molecule has 140 valence electrons. The van der Waals surface area contributed by atoms with Gasteiger partial charge in [0, 0.05) is 29.1 Å². The Labute approximate surface area is 156 Å². The highest BCUT2D eigenvalue weighted by molar-refractivity contribution is 6.06. The van der Waals surface area contributed by atoms with Crippen LogP contribution in [-0.2, 0) is 11.2 Å². The second-order valence-electron chi connectivity index (χ2n) is 5.83. The van der Waals surface area contributed by atoms with Crippen molar-refractivity contribution in [3.05, 3.63) is 69.8 Å². The number of anilines is 1. The molecule has 0 atom stereocenters. The van der Waals surface area contributed by atoms with E-state index in [4.69, 9.17) is 0 Å². The monoisotopic (exact) mass is 368 g/mol. The number of para-hydroxylation sites is 1. The number of nitro benzene ring substituents is 1. The minimum absolute atomic E-state index is 0.00721. The van der Waals surface area contributed by atoms with Crippen LogP contribution in [0.3, 0.4) is 0 Å². The predicted molar refractivity (Wildman–Crippen MR) is 103 cm³/mol. The number of benzene rings is 2. The molecule has 0 radical (unpaired) electrons. The maximum Gasteiger partial charge on any atom is 0.271 e. The van der Waals surface area contributed by atoms with Gasteiger partial charge in [-0.05, 0) is 31.0 Å². The van der Waals surface area contributed by atoms with E-state index in [1.54, 1.807) is 6.92 Å². The van der Waals surface area contributed by atoms with Crippen LogP contribution in [0, 0.1) is 10.1 Å². The fourth-order valence-corrected chi connectivity index (χ4v) is 2.39. The number of nitrogens with zero attached hydrogens (tertiary/aromatic N) is 2. The summed E-state index contributed by atoms with van der Waals surface area (Å²) < 4.78 is 0. The lowest BCUT2D eigenvalue weighted by atomic mass is 10.1. The summed E-state index contributed by atoms with van der Waals surface area (Å²) in [5, 5.41) is 17.5. The Balaban J connectivity index is 1.95. The number of carbonyl (C=O) groups is 2. The van der Waals surface area contributed by atoms with Gasteiger partial charge < -0.3 is 5.32 Å². The number of nitrogens with one attached hydrogen (secondary N) is 2. The molecule has 0 fully saturated rings. The topological polar surface area (TPSA) is 114 Å². The van der Waals surface area contributed by atoms with Gasteiger partial charge >= 0.3 is 0 Å². The van der Waals surface area contributed by atoms with Gasteiger partial charge in [-0.3, -0.25) is 19.7 Å². The van der Waals surface area contributed by atoms with E-state index in [0.717, 1.165) is 23.7 Å². The van der Waals surface area contributed by atoms with Crippen molar-refractivity contribution in [2.24, 2.45) is 5.10 Å². The van der Waals surface area contributed by atoms with Crippen molar-refractivity contribution in [1.82, 2.24) is 5.43 Å². The third-order valence-electron chi connectivity index (χ3n) is 3.76. The summed E-state index contributed by atoms with van der Waals surface area (Å²) in [6.07, 6.45) is 0.802. The summed E-state index contributed by atoms with van der Waals surface area (Å²) in [5.41, 5.74) is 4.41. The van der Waals surface area contributed by atoms with Gasteiger partial charge in [0.15, 0.2) is 0 Å². The molecule has 2 N–H and O–H groups in total. The predicted octanol–water partition coefficient (Wildman–Crippen LogP) is 3.29. The second-order valence-corrected chi connectivity index (χ2v) is 5.83. The number of hydrogen-bond acceptors (Lipinski definition) is 5. The molecule has 0 saturated carbocycles. The molecule has 0 aliphatic heterocycles. The Morgan fingerprint density at radius 1 is 1.15 bits per heavy atom. The Bertz CT molecular complexity index is 893. The lowest BCUT2D eigenvalue weighted by Crippen LogP contribution is -2.21. The van der Waals surface area contributed by atoms with Crippen LogP contribution in [0.2, 0.25) is 0 Å². The molecule has 2 rings (SSSR count). The number of nitro groups is 1. The van der Waals surface area contributed by atoms with E-state index in [2.05, 4.69) is 15.8 Å². The van der Waals surface area contributed by atoms with Gasteiger partial charge in [-0.1, -0.05) is 31.2 Å². The fraction of sp³-hybridized carbons (Fsp3) is 0.211. The van der Waals surface area contributed by atoms with E-state index in [-0.39, 0.29) is 23.6 Å². The highest BCUT2D eigenvalue weighted by Gasteiger charge is 2.12. The van der Waals surface area contributed by atoms with Crippen molar-refractivity contribution in [3.8, 4) is 0 Å². The van der Waals surface area contributed by atoms with Crippen LogP contribution >= 0.6 is 0 Å². The number of aryl methyl sites for hydroxylation is 1. The van der Waals surface area contributed by atoms with Crippen LogP contribution in [0.4, 0.5) is 11.4 Å². The largest absolute Gasteiger partial charge is 0.326 e. The van der Waals surface area contributed by atoms with E-state index < -0.39 is 10.8 Å². The summed E-state index contributed by atoms with van der Waals surface area (Å²) in [4.78, 5) is 34.4. The van der Waals surface area contributed by atoms with Crippen LogP contribution < -0.4 is 10.7 Å². The molecule has 8 heteroatoms. The maximum atomic E-state index is 12.1. The molecule has 0 aliphatic carbocycles. The van der Waals surface area contributed by atoms with Crippen molar-refractivity contribution in [2.75, 3.05) is 5.32 Å². The number of carbonyl (C=O) groups excluding carboxylic acids is 2. The van der Waals surface area contributed by atoms with Crippen molar-refractivity contribution in [1.29, 1.82) is 0 Å². The first-order chi connectivity index (χ1) is 12.9. The molecule has 2 amide bonds. The minimum atomic E-state index is -0.588. The molecular weight excluding hydrogens is 348 g/mol. The first kappa shape index (κ1) is 19.8. The highest BCUT2D eigenvalue weighted by atomic mass is 16.6. The van der Waals surface area contributed by atoms with Gasteiger partial charge in [0.1, 0.15) is 0 Å². The van der Waals surface area contributed by atoms with Crippen molar-refractivity contribution in [3.63, 3.8) is 0 Å². The first-order valence-electron chi connectivity index (χ1n) is 8.36. The Morgan fingerprint density at radius 3 is 2.59 bits per heavy atom. The average molecular weight is 368 g/mol. The molecule has 0 aliphatic rings. The van der Waals surface area contributed by atoms with Gasteiger partial charge in [-0.15, -0.1) is 0 Å². The summed E-state index contributed by atoms with van der Waals surface area (Å²) in [6.45, 7) is 3.61. The zero-order valence-corrected chi connectivity index (χ0v) is 15.1. The first-order valence-corrected chi connectivity index (χ1v) is 8.36. The molecule has 0 spiro atoms. The zero-order chi connectivity index (χ0) is 19.8. The molecule has 0 bridgehead atoms. The fourth-order valence-electron chi connectivity index (χ4n) is 2.39. The summed E-state index contributed by atoms with van der Waals surface area (Å²) >= 11 is 0. The third kappa shape index (κ3) is 5.74. The van der Waals surface area contributed by atoms with Crippen LogP contribution in [0.1, 0.15) is 36.2 Å². The lowest BCUT2D eigenvalue weighted by molar-refractivity contribution is -0.384. The zero-order valence-electron chi connectivity index (χ0n) is 15.1. The normalized spacial score (nSPS) is 11.0. The van der Waals surface area contributed by atoms with E-state index in [9.17, 15) is 19.7 Å². The van der Waals surface area contributed by atoms with E-state index >= 15 is 0 Å². The average Bonchev–Trinajstić information content (AvgIpc) is 2.66. The molecule has 0 aromatic heterocycles. The van der Waals surface area contributed by atoms with Gasteiger partial charge in [0.2, 0.25) is 5.91 Å². The van der Waals surface area contributed by atoms with Crippen molar-refractivity contribution < 1.29 is 14.5 Å². The standard InChI is InChI=1S/C19H20N4O4/c1-3-14-7-4-5-10-17(14)20-18(24)11-13(2)21-22-19(25)15-8-6-9-16(12-15)23(26)27/h4-10,12H,3,11H2,1-2H3,(H,20,24)(H,22,25). The molecule has 0 heterocycles. The second kappa shape index (κ2) is 9.23. The molecule has 2 aromatic rings. The van der Waals surface area contributed by atoms with Crippen molar-refractivity contribution in [2.45, 2.75) is 26.7 Å². The van der Waals surface area contributed by atoms with Crippen LogP contribution in [0.15, 0.2) is 53.6 Å². The number of amides is 2. The van der Waals surface area contributed by atoms with Gasteiger partial charge in [0.05, 0.1) is 11.3 Å². The lowest BCUT2D eigenvalue weighted by Gasteiger charge is -2.09. The Morgan fingerprint density at radius 2 is 1.89 bits per heavy atom. The molecule has 0 unspecified atom stereocenters. The summed E-state index contributed by atoms with van der Waals surface area (Å²) in [6, 6.07) is 12.8. The molecule has 27 heavy (non-hydrogen) atoms. The Hall–Kier alpha value is -3.55. The third-order valence-corrected chi connectivity index (χ3v) is 3.76. The SMILES string of the molecule is CCc1ccccc1NC(=O)CC(C)=NNC(=O)c1cccc([N+](=O)[O-])c1. The van der Waals surface area contributed by atoms with E-state index in [1.807, 2.05) is 31.2 Å². The molecule has 8 nitrogen and oxygen atoms in total. The number of hydrogen-bond donors (Lipinski definition) is 2. The number of non-ortho nitro benzene ring substituents is 1. The highest BCUT2D eigenvalue weighted by Crippen LogP contribution is 2.16. The maximum absolute atomic E-state index is 12.1. The molecule has 0 saturated heterocycles. The summed E-state index contributed by atoms with van der Waals surface area (Å²) in [5.74, 6) is -0.837. The van der Waals surface area contributed by atoms with Gasteiger partial charge in [-0.2, -0.15) is 5.10 Å². The summed E-state index contributed by atoms with van der Waals surface area (Å²) in [7, 11) is 0.